The van der Waals surface area contributed by atoms with Gasteiger partial charge in [0.1, 0.15) is 11.4 Å². The molecule has 1 aromatic carbocycles. The number of carbonyl (C=O) groups excluding carboxylic acids is 1. The Morgan fingerprint density at radius 2 is 2.07 bits per heavy atom. The zero-order valence-electron chi connectivity index (χ0n) is 17.1. The molecule has 146 valence electrons. The highest BCUT2D eigenvalue weighted by molar-refractivity contribution is 5.89. The van der Waals surface area contributed by atoms with Crippen LogP contribution in [0.3, 0.4) is 0 Å². The molecule has 0 aliphatic carbocycles. The molecule has 0 atom stereocenters. The van der Waals surface area contributed by atoms with E-state index in [-0.39, 0.29) is 11.4 Å². The number of hydrogen-bond donors (Lipinski definition) is 0. The van der Waals surface area contributed by atoms with Crippen molar-refractivity contribution in [3.63, 3.8) is 0 Å². The molecule has 1 aliphatic rings. The van der Waals surface area contributed by atoms with Crippen LogP contribution in [0.5, 0.6) is 5.75 Å². The standard InChI is InChI=1S/C24H27NO3/c1-5-7-17-15-22-21(24(3,4)12-13-28-22)14-18(17)8-10-20-11-9-19(16-25-20)23(26)27-6-2/h9,11,14-16H,5-7,12-13H2,1-4H3. The topological polar surface area (TPSA) is 48.4 Å². The fraction of sp³-hybridized carbons (Fsp3) is 0.417. The number of carbonyl (C=O) groups is 1. The Labute approximate surface area is 167 Å². The Morgan fingerprint density at radius 3 is 2.75 bits per heavy atom. The molecule has 2 aromatic rings. The lowest BCUT2D eigenvalue weighted by molar-refractivity contribution is 0.0526. The van der Waals surface area contributed by atoms with E-state index in [2.05, 4.69) is 49.7 Å². The van der Waals surface area contributed by atoms with Gasteiger partial charge < -0.3 is 9.47 Å². The van der Waals surface area contributed by atoms with Gasteiger partial charge in [-0.25, -0.2) is 9.78 Å². The number of rotatable bonds is 4. The molecule has 28 heavy (non-hydrogen) atoms. The van der Waals surface area contributed by atoms with Crippen molar-refractivity contribution in [1.29, 1.82) is 0 Å². The summed E-state index contributed by atoms with van der Waals surface area (Å²) in [7, 11) is 0. The van der Waals surface area contributed by atoms with E-state index in [0.717, 1.165) is 37.2 Å². The Bertz CT molecular complexity index is 917. The number of nitrogens with zero attached hydrogens (tertiary/aromatic N) is 1. The summed E-state index contributed by atoms with van der Waals surface area (Å²) >= 11 is 0. The molecular formula is C24H27NO3. The second-order valence-electron chi connectivity index (χ2n) is 7.64. The largest absolute Gasteiger partial charge is 0.493 e. The van der Waals surface area contributed by atoms with Gasteiger partial charge in [-0.1, -0.05) is 33.1 Å². The number of ether oxygens (including phenoxy) is 2. The number of aromatic nitrogens is 1. The van der Waals surface area contributed by atoms with Crippen molar-refractivity contribution in [2.24, 2.45) is 0 Å². The molecule has 3 rings (SSSR count). The molecule has 1 aliphatic heterocycles. The number of fused-ring (bicyclic) bond motifs is 1. The summed E-state index contributed by atoms with van der Waals surface area (Å²) in [4.78, 5) is 16.0. The third-order valence-electron chi connectivity index (χ3n) is 5.04. The summed E-state index contributed by atoms with van der Waals surface area (Å²) in [6.45, 7) is 9.55. The molecule has 4 heteroatoms. The van der Waals surface area contributed by atoms with Crippen LogP contribution in [0.2, 0.25) is 0 Å². The average Bonchev–Trinajstić information content (AvgIpc) is 2.67. The van der Waals surface area contributed by atoms with Gasteiger partial charge in [0.15, 0.2) is 0 Å². The highest BCUT2D eigenvalue weighted by Crippen LogP contribution is 2.40. The van der Waals surface area contributed by atoms with Crippen LogP contribution in [-0.4, -0.2) is 24.2 Å². The molecule has 0 amide bonds. The van der Waals surface area contributed by atoms with Gasteiger partial charge in [-0.05, 0) is 60.9 Å². The molecule has 0 radical (unpaired) electrons. The van der Waals surface area contributed by atoms with Gasteiger partial charge in [0, 0.05) is 17.3 Å². The molecule has 1 aromatic heterocycles. The Morgan fingerprint density at radius 1 is 1.25 bits per heavy atom. The lowest BCUT2D eigenvalue weighted by atomic mass is 9.78. The first-order valence-corrected chi connectivity index (χ1v) is 9.90. The van der Waals surface area contributed by atoms with Crippen LogP contribution in [0.15, 0.2) is 30.5 Å². The summed E-state index contributed by atoms with van der Waals surface area (Å²) in [5.41, 5.74) is 4.59. The lowest BCUT2D eigenvalue weighted by Crippen LogP contribution is -2.27. The van der Waals surface area contributed by atoms with Gasteiger partial charge in [0.25, 0.3) is 0 Å². The van der Waals surface area contributed by atoms with Gasteiger partial charge >= 0.3 is 5.97 Å². The van der Waals surface area contributed by atoms with Crippen molar-refractivity contribution >= 4 is 5.97 Å². The molecule has 0 saturated heterocycles. The van der Waals surface area contributed by atoms with E-state index in [1.807, 2.05) is 0 Å². The predicted octanol–water partition coefficient (Wildman–Crippen LogP) is 4.67. The monoisotopic (exact) mass is 377 g/mol. The predicted molar refractivity (Wildman–Crippen MR) is 110 cm³/mol. The van der Waals surface area contributed by atoms with E-state index in [4.69, 9.17) is 9.47 Å². The highest BCUT2D eigenvalue weighted by Gasteiger charge is 2.29. The minimum Gasteiger partial charge on any atom is -0.493 e. The van der Waals surface area contributed by atoms with Crippen LogP contribution in [0, 0.1) is 11.8 Å². The zero-order valence-corrected chi connectivity index (χ0v) is 17.1. The third kappa shape index (κ3) is 4.36. The average molecular weight is 377 g/mol. The maximum Gasteiger partial charge on any atom is 0.339 e. The molecule has 0 fully saturated rings. The van der Waals surface area contributed by atoms with Gasteiger partial charge in [0.05, 0.1) is 18.8 Å². The van der Waals surface area contributed by atoms with Crippen LogP contribution in [0.4, 0.5) is 0 Å². The van der Waals surface area contributed by atoms with Crippen LogP contribution in [0.25, 0.3) is 0 Å². The minimum absolute atomic E-state index is 0.0777. The van der Waals surface area contributed by atoms with Crippen molar-refractivity contribution in [1.82, 2.24) is 4.98 Å². The Kier molecular flexibility index (Phi) is 6.04. The summed E-state index contributed by atoms with van der Waals surface area (Å²) in [5, 5.41) is 0. The molecule has 0 unspecified atom stereocenters. The molecule has 0 spiro atoms. The fourth-order valence-electron chi connectivity index (χ4n) is 3.35. The summed E-state index contributed by atoms with van der Waals surface area (Å²) in [6, 6.07) is 7.79. The van der Waals surface area contributed by atoms with Crippen molar-refractivity contribution in [2.75, 3.05) is 13.2 Å². The van der Waals surface area contributed by atoms with E-state index < -0.39 is 0 Å². The van der Waals surface area contributed by atoms with E-state index >= 15 is 0 Å². The quantitative estimate of drug-likeness (QED) is 0.574. The number of esters is 1. The highest BCUT2D eigenvalue weighted by atomic mass is 16.5. The molecule has 0 bridgehead atoms. The smallest absolute Gasteiger partial charge is 0.339 e. The van der Waals surface area contributed by atoms with Gasteiger partial charge in [0.2, 0.25) is 0 Å². The fourth-order valence-corrected chi connectivity index (χ4v) is 3.35. The van der Waals surface area contributed by atoms with Gasteiger partial charge in [-0.2, -0.15) is 0 Å². The summed E-state index contributed by atoms with van der Waals surface area (Å²) < 4.78 is 10.9. The van der Waals surface area contributed by atoms with Crippen LogP contribution in [0.1, 0.15) is 73.3 Å². The molecule has 2 heterocycles. The number of benzene rings is 1. The first kappa shape index (κ1) is 19.9. The maximum atomic E-state index is 11.7. The van der Waals surface area contributed by atoms with Gasteiger partial charge in [-0.3, -0.25) is 0 Å². The molecule has 0 saturated carbocycles. The Hall–Kier alpha value is -2.80. The number of hydrogen-bond acceptors (Lipinski definition) is 4. The van der Waals surface area contributed by atoms with E-state index in [1.54, 1.807) is 19.1 Å². The second-order valence-corrected chi connectivity index (χ2v) is 7.64. The molecule has 0 N–H and O–H groups in total. The van der Waals surface area contributed by atoms with Crippen molar-refractivity contribution in [3.8, 4) is 17.6 Å². The van der Waals surface area contributed by atoms with Crippen molar-refractivity contribution < 1.29 is 14.3 Å². The SMILES string of the molecule is CCCc1cc2c(cc1C#Cc1ccc(C(=O)OCC)cn1)C(C)(C)CCO2. The minimum atomic E-state index is -0.364. The third-order valence-corrected chi connectivity index (χ3v) is 5.04. The molecular weight excluding hydrogens is 350 g/mol. The van der Waals surface area contributed by atoms with E-state index in [1.165, 1.54) is 17.3 Å². The van der Waals surface area contributed by atoms with E-state index in [9.17, 15) is 4.79 Å². The van der Waals surface area contributed by atoms with Crippen LogP contribution >= 0.6 is 0 Å². The molecule has 4 nitrogen and oxygen atoms in total. The normalized spacial score (nSPS) is 14.3. The first-order chi connectivity index (χ1) is 13.4. The van der Waals surface area contributed by atoms with Gasteiger partial charge in [-0.15, -0.1) is 0 Å². The number of pyridine rings is 1. The second kappa shape index (κ2) is 8.48. The van der Waals surface area contributed by atoms with Crippen LogP contribution in [-0.2, 0) is 16.6 Å². The van der Waals surface area contributed by atoms with Crippen molar-refractivity contribution in [2.45, 2.75) is 52.4 Å². The number of aryl methyl sites for hydroxylation is 1. The Balaban J connectivity index is 1.93. The lowest BCUT2D eigenvalue weighted by Gasteiger charge is -2.33. The summed E-state index contributed by atoms with van der Waals surface area (Å²) in [5.74, 6) is 7.05. The first-order valence-electron chi connectivity index (χ1n) is 9.90. The zero-order chi connectivity index (χ0) is 20.1. The summed E-state index contributed by atoms with van der Waals surface area (Å²) in [6.07, 6.45) is 4.51. The maximum absolute atomic E-state index is 11.7. The van der Waals surface area contributed by atoms with Crippen molar-refractivity contribution in [3.05, 3.63) is 58.4 Å². The van der Waals surface area contributed by atoms with E-state index in [0.29, 0.717) is 17.9 Å². The van der Waals surface area contributed by atoms with Crippen LogP contribution < -0.4 is 4.74 Å².